The Kier molecular flexibility index (Phi) is 9.74. The second kappa shape index (κ2) is 15.2. The standard InChI is InChI=1S/C24H25N5O2S.C21H20N4O3S/c1-24(23(30)29-6-3-7-29)5-4-16-19(10-24)32-22-20(16)21(26-13-27-22)28-17-8-14-11-25-12-15(14)9-18(17)31-2;1-21(20(26)27)4-3-13-16(7-21)29-19-17(13)18(23-10-24-19)25-14-5-11-8-22-9-12(11)6-15(14)28-2/h8-9,11,13H,3-7,10,12H2,1-2H3,(H,26,27,28);5-6,8,10H,3-4,7,9H2,1-2H3,(H,26,27)(H,23,24,25)/t24-;21-/m11/s1. The quantitative estimate of drug-likeness (QED) is 0.135. The molecule has 0 spiro atoms. The lowest BCUT2D eigenvalue weighted by molar-refractivity contribution is -0.148. The first-order valence-electron chi connectivity index (χ1n) is 20.5. The zero-order valence-corrected chi connectivity index (χ0v) is 36.1. The smallest absolute Gasteiger partial charge is 0.309 e. The van der Waals surface area contributed by atoms with Gasteiger partial charge in [-0.2, -0.15) is 0 Å². The van der Waals surface area contributed by atoms with Gasteiger partial charge in [0.1, 0.15) is 45.5 Å². The summed E-state index contributed by atoms with van der Waals surface area (Å²) in [5.41, 5.74) is 7.57. The van der Waals surface area contributed by atoms with Gasteiger partial charge < -0.3 is 30.1 Å². The Morgan fingerprint density at radius 1 is 0.721 bits per heavy atom. The fourth-order valence-corrected chi connectivity index (χ4v) is 11.8. The molecule has 0 bridgehead atoms. The predicted octanol–water partition coefficient (Wildman–Crippen LogP) is 8.06. The van der Waals surface area contributed by atoms with Gasteiger partial charge in [0.2, 0.25) is 5.91 Å². The van der Waals surface area contributed by atoms with Gasteiger partial charge in [0, 0.05) is 35.3 Å². The molecule has 4 aromatic heterocycles. The summed E-state index contributed by atoms with van der Waals surface area (Å²) >= 11 is 3.26. The number of carbonyl (C=O) groups excluding carboxylic acids is 1. The van der Waals surface area contributed by atoms with Gasteiger partial charge in [-0.1, -0.05) is 6.92 Å². The number of nitrogens with one attached hydrogen (secondary N) is 2. The number of aromatic nitrogens is 4. The molecular weight excluding hydrogens is 811 g/mol. The number of ether oxygens (including phenoxy) is 2. The maximum absolute atomic E-state index is 13.1. The summed E-state index contributed by atoms with van der Waals surface area (Å²) in [6.45, 7) is 7.12. The van der Waals surface area contributed by atoms with Crippen LogP contribution in [0.2, 0.25) is 0 Å². The molecule has 5 aliphatic rings. The molecule has 0 radical (unpaired) electrons. The first-order chi connectivity index (χ1) is 29.5. The number of carboxylic acids is 1. The normalized spacial score (nSPS) is 20.6. The first kappa shape index (κ1) is 39.2. The minimum Gasteiger partial charge on any atom is -0.495 e. The highest BCUT2D eigenvalue weighted by atomic mass is 32.1. The van der Waals surface area contributed by atoms with Crippen LogP contribution in [0.15, 0.2) is 46.9 Å². The number of rotatable bonds is 8. The number of methoxy groups -OCH3 is 2. The summed E-state index contributed by atoms with van der Waals surface area (Å²) in [6, 6.07) is 8.14. The van der Waals surface area contributed by atoms with Crippen LogP contribution in [0.1, 0.15) is 76.2 Å². The molecule has 3 N–H and O–H groups in total. The topological polar surface area (TPSA) is 176 Å². The van der Waals surface area contributed by atoms with Crippen molar-refractivity contribution in [2.24, 2.45) is 20.8 Å². The van der Waals surface area contributed by atoms with E-state index in [1.54, 1.807) is 49.5 Å². The number of fused-ring (bicyclic) bond motifs is 8. The number of carbonyl (C=O) groups is 2. The van der Waals surface area contributed by atoms with Crippen LogP contribution in [-0.4, -0.2) is 81.6 Å². The maximum Gasteiger partial charge on any atom is 0.309 e. The molecule has 2 atom stereocenters. The molecule has 16 heteroatoms. The molecule has 1 amide bonds. The number of anilines is 4. The Labute approximate surface area is 360 Å². The van der Waals surface area contributed by atoms with Gasteiger partial charge in [-0.15, -0.1) is 22.7 Å². The molecule has 2 aromatic carbocycles. The van der Waals surface area contributed by atoms with Crippen LogP contribution >= 0.6 is 22.7 Å². The molecule has 0 saturated carbocycles. The third kappa shape index (κ3) is 6.85. The number of aliphatic carboxylic acids is 1. The molecule has 0 unspecified atom stereocenters. The average Bonchev–Trinajstić information content (AvgIpc) is 4.04. The third-order valence-electron chi connectivity index (χ3n) is 12.9. The van der Waals surface area contributed by atoms with Crippen LogP contribution in [-0.2, 0) is 48.4 Å². The molecule has 2 aliphatic carbocycles. The van der Waals surface area contributed by atoms with Crippen LogP contribution in [0.4, 0.5) is 23.0 Å². The van der Waals surface area contributed by atoms with E-state index in [2.05, 4.69) is 53.5 Å². The van der Waals surface area contributed by atoms with Gasteiger partial charge in [-0.3, -0.25) is 19.6 Å². The summed E-state index contributed by atoms with van der Waals surface area (Å²) in [5, 5.41) is 18.6. The van der Waals surface area contributed by atoms with Crippen molar-refractivity contribution in [1.29, 1.82) is 0 Å². The molecule has 1 fully saturated rings. The largest absolute Gasteiger partial charge is 0.495 e. The Morgan fingerprint density at radius 3 is 1.67 bits per heavy atom. The van der Waals surface area contributed by atoms with E-state index in [-0.39, 0.29) is 5.41 Å². The van der Waals surface area contributed by atoms with E-state index in [1.165, 1.54) is 16.0 Å². The number of aliphatic imine (C=N–C) groups is 2. The lowest BCUT2D eigenvalue weighted by Crippen LogP contribution is -2.50. The Morgan fingerprint density at radius 2 is 1.21 bits per heavy atom. The summed E-state index contributed by atoms with van der Waals surface area (Å²) in [7, 11) is 3.33. The number of likely N-dealkylation sites (tertiary alicyclic amines) is 1. The zero-order valence-electron chi connectivity index (χ0n) is 34.4. The second-order valence-corrected chi connectivity index (χ2v) is 19.1. The molecule has 7 heterocycles. The van der Waals surface area contributed by atoms with Gasteiger partial charge in [-0.05, 0) is 110 Å². The molecular formula is C45H45N9O5S2. The minimum absolute atomic E-state index is 0.306. The zero-order chi connectivity index (χ0) is 42.0. The van der Waals surface area contributed by atoms with E-state index in [9.17, 15) is 14.7 Å². The van der Waals surface area contributed by atoms with E-state index >= 15 is 0 Å². The van der Waals surface area contributed by atoms with Crippen molar-refractivity contribution in [3.8, 4) is 11.5 Å². The van der Waals surface area contributed by atoms with Crippen molar-refractivity contribution < 1.29 is 24.2 Å². The number of hydrogen-bond acceptors (Lipinski definition) is 14. The number of amides is 1. The SMILES string of the molecule is COc1cc2c(cc1Nc1ncnc3sc4c(c13)CC[C@@](C)(C(=O)N1CCC1)C4)C=NC2.COc1cc2c(cc1Nc1ncnc3sc4c(c13)CC[C@@](C)(C(=O)O)C4)C=NC2. The van der Waals surface area contributed by atoms with Gasteiger partial charge in [-0.25, -0.2) is 19.9 Å². The number of aryl methyl sites for hydroxylation is 2. The molecule has 11 rings (SSSR count). The van der Waals surface area contributed by atoms with Crippen molar-refractivity contribution in [3.63, 3.8) is 0 Å². The monoisotopic (exact) mass is 855 g/mol. The van der Waals surface area contributed by atoms with E-state index < -0.39 is 11.4 Å². The van der Waals surface area contributed by atoms with Crippen LogP contribution in [0.25, 0.3) is 20.4 Å². The summed E-state index contributed by atoms with van der Waals surface area (Å²) in [4.78, 5) is 57.8. The number of benzene rings is 2. The minimum atomic E-state index is -0.741. The first-order valence-corrected chi connectivity index (χ1v) is 22.2. The molecule has 61 heavy (non-hydrogen) atoms. The van der Waals surface area contributed by atoms with Gasteiger partial charge in [0.15, 0.2) is 0 Å². The highest BCUT2D eigenvalue weighted by Gasteiger charge is 2.43. The molecule has 3 aliphatic heterocycles. The van der Waals surface area contributed by atoms with Gasteiger partial charge in [0.05, 0.1) is 60.3 Å². The molecule has 6 aromatic rings. The van der Waals surface area contributed by atoms with Gasteiger partial charge in [0.25, 0.3) is 0 Å². The van der Waals surface area contributed by atoms with Crippen molar-refractivity contribution in [3.05, 3.63) is 80.1 Å². The summed E-state index contributed by atoms with van der Waals surface area (Å²) < 4.78 is 11.2. The predicted molar refractivity (Wildman–Crippen MR) is 239 cm³/mol. The van der Waals surface area contributed by atoms with E-state index in [0.717, 1.165) is 121 Å². The Hall–Kier alpha value is -6.00. The number of nitrogens with zero attached hydrogens (tertiary/aromatic N) is 7. The Balaban J connectivity index is 0.000000147. The second-order valence-electron chi connectivity index (χ2n) is 16.9. The fraction of sp³-hybridized carbons (Fsp3) is 0.378. The lowest BCUT2D eigenvalue weighted by atomic mass is 9.74. The van der Waals surface area contributed by atoms with Crippen LogP contribution in [0.3, 0.4) is 0 Å². The summed E-state index contributed by atoms with van der Waals surface area (Å²) in [5.74, 6) is 2.59. The van der Waals surface area contributed by atoms with E-state index in [0.29, 0.717) is 38.3 Å². The van der Waals surface area contributed by atoms with E-state index in [1.807, 2.05) is 42.5 Å². The van der Waals surface area contributed by atoms with Crippen molar-refractivity contribution in [2.45, 2.75) is 71.9 Å². The van der Waals surface area contributed by atoms with Crippen LogP contribution in [0, 0.1) is 10.8 Å². The lowest BCUT2D eigenvalue weighted by Gasteiger charge is -2.41. The van der Waals surface area contributed by atoms with Crippen molar-refractivity contribution >= 4 is 90.4 Å². The maximum atomic E-state index is 13.1. The van der Waals surface area contributed by atoms with Gasteiger partial charge >= 0.3 is 5.97 Å². The van der Waals surface area contributed by atoms with Crippen molar-refractivity contribution in [2.75, 3.05) is 37.9 Å². The van der Waals surface area contributed by atoms with E-state index in [4.69, 9.17) is 9.47 Å². The molecule has 312 valence electrons. The third-order valence-corrected chi connectivity index (χ3v) is 15.2. The highest BCUT2D eigenvalue weighted by Crippen LogP contribution is 2.47. The number of carboxylic acid groups (broad SMARTS) is 1. The average molecular weight is 856 g/mol. The molecule has 14 nitrogen and oxygen atoms in total. The highest BCUT2D eigenvalue weighted by molar-refractivity contribution is 7.19. The summed E-state index contributed by atoms with van der Waals surface area (Å²) in [6.07, 6.45) is 12.4. The van der Waals surface area contributed by atoms with Crippen LogP contribution < -0.4 is 20.1 Å². The number of thiophene rings is 2. The van der Waals surface area contributed by atoms with Crippen LogP contribution in [0.5, 0.6) is 11.5 Å². The Bertz CT molecular complexity index is 2850. The number of hydrogen-bond donors (Lipinski definition) is 3. The fourth-order valence-electron chi connectivity index (χ4n) is 9.09. The molecule has 1 saturated heterocycles. The van der Waals surface area contributed by atoms with Crippen molar-refractivity contribution in [1.82, 2.24) is 24.8 Å².